The molecule has 5 nitrogen and oxygen atoms in total. The zero-order chi connectivity index (χ0) is 13.5. The second-order valence-corrected chi connectivity index (χ2v) is 5.04. The average Bonchev–Trinajstić information content (AvgIpc) is 2.83. The Labute approximate surface area is 116 Å². The first-order valence-corrected chi connectivity index (χ1v) is 6.93. The van der Waals surface area contributed by atoms with E-state index in [4.69, 9.17) is 0 Å². The van der Waals surface area contributed by atoms with Gasteiger partial charge in [0, 0.05) is 43.0 Å². The zero-order valence-electron chi connectivity index (χ0n) is 10.7. The minimum atomic E-state index is -0.162. The van der Waals surface area contributed by atoms with E-state index in [1.165, 1.54) is 0 Å². The van der Waals surface area contributed by atoms with Crippen LogP contribution >= 0.6 is 11.3 Å². The molecule has 2 N–H and O–H groups in total. The Hall–Kier alpha value is -1.95. The van der Waals surface area contributed by atoms with Crippen LogP contribution in [0.3, 0.4) is 0 Å². The van der Waals surface area contributed by atoms with E-state index < -0.39 is 0 Å². The molecule has 0 aromatic carbocycles. The number of thiazole rings is 1. The largest absolute Gasteiger partial charge is 0.338 e. The first kappa shape index (κ1) is 13.5. The number of aryl methyl sites for hydroxylation is 1. The van der Waals surface area contributed by atoms with E-state index in [-0.39, 0.29) is 6.03 Å². The molecule has 0 radical (unpaired) electrons. The van der Waals surface area contributed by atoms with Crippen LogP contribution in [-0.4, -0.2) is 22.5 Å². The third-order valence-corrected chi connectivity index (χ3v) is 3.52. The topological polar surface area (TPSA) is 66.9 Å². The molecule has 100 valence electrons. The summed E-state index contributed by atoms with van der Waals surface area (Å²) in [5, 5.41) is 8.67. The Morgan fingerprint density at radius 1 is 1.32 bits per heavy atom. The van der Waals surface area contributed by atoms with Gasteiger partial charge in [-0.15, -0.1) is 11.3 Å². The molecule has 19 heavy (non-hydrogen) atoms. The number of nitrogens with one attached hydrogen (secondary N) is 2. The van der Waals surface area contributed by atoms with E-state index in [2.05, 4.69) is 20.6 Å². The minimum Gasteiger partial charge on any atom is -0.338 e. The van der Waals surface area contributed by atoms with Crippen molar-refractivity contribution in [3.63, 3.8) is 0 Å². The number of hydrogen-bond donors (Lipinski definition) is 2. The van der Waals surface area contributed by atoms with Gasteiger partial charge < -0.3 is 10.6 Å². The number of carbonyl (C=O) groups excluding carboxylic acids is 1. The van der Waals surface area contributed by atoms with Gasteiger partial charge in [-0.3, -0.25) is 4.98 Å². The van der Waals surface area contributed by atoms with Crippen LogP contribution < -0.4 is 10.6 Å². The number of rotatable bonds is 5. The van der Waals surface area contributed by atoms with Crippen LogP contribution in [0.2, 0.25) is 0 Å². The van der Waals surface area contributed by atoms with Gasteiger partial charge in [0.2, 0.25) is 0 Å². The molecule has 0 atom stereocenters. The molecule has 2 amide bonds. The average molecular weight is 276 g/mol. The van der Waals surface area contributed by atoms with Crippen molar-refractivity contribution in [3.05, 3.63) is 46.2 Å². The highest BCUT2D eigenvalue weighted by Gasteiger charge is 2.02. The van der Waals surface area contributed by atoms with Gasteiger partial charge in [-0.1, -0.05) is 0 Å². The molecule has 2 heterocycles. The molecular formula is C13H16N4OS. The fourth-order valence-corrected chi connectivity index (χ4v) is 2.32. The monoisotopic (exact) mass is 276 g/mol. The minimum absolute atomic E-state index is 0.162. The molecule has 0 fully saturated rings. The lowest BCUT2D eigenvalue weighted by Gasteiger charge is -2.06. The van der Waals surface area contributed by atoms with Gasteiger partial charge in [0.25, 0.3) is 0 Å². The van der Waals surface area contributed by atoms with Gasteiger partial charge in [-0.2, -0.15) is 0 Å². The van der Waals surface area contributed by atoms with Crippen molar-refractivity contribution >= 4 is 17.4 Å². The Bertz CT molecular complexity index is 526. The van der Waals surface area contributed by atoms with Crippen molar-refractivity contribution < 1.29 is 4.79 Å². The molecule has 0 spiro atoms. The summed E-state index contributed by atoms with van der Waals surface area (Å²) >= 11 is 1.62. The van der Waals surface area contributed by atoms with E-state index in [9.17, 15) is 4.79 Å². The van der Waals surface area contributed by atoms with Crippen molar-refractivity contribution in [2.45, 2.75) is 19.9 Å². The van der Waals surface area contributed by atoms with E-state index in [0.717, 1.165) is 22.7 Å². The Morgan fingerprint density at radius 3 is 2.79 bits per heavy atom. The zero-order valence-corrected chi connectivity index (χ0v) is 11.5. The van der Waals surface area contributed by atoms with Crippen molar-refractivity contribution in [1.82, 2.24) is 20.6 Å². The number of urea groups is 1. The third-order valence-electron chi connectivity index (χ3n) is 2.49. The fourth-order valence-electron chi connectivity index (χ4n) is 1.55. The smallest absolute Gasteiger partial charge is 0.315 e. The maximum atomic E-state index is 11.6. The SMILES string of the molecule is Cc1csc(CCNC(=O)NCc2ccncc2)n1. The lowest BCUT2D eigenvalue weighted by atomic mass is 10.3. The standard InChI is InChI=1S/C13H16N4OS/c1-10-9-19-12(17-10)4-7-15-13(18)16-8-11-2-5-14-6-3-11/h2-3,5-6,9H,4,7-8H2,1H3,(H2,15,16,18). The van der Waals surface area contributed by atoms with Crippen LogP contribution in [0.15, 0.2) is 29.9 Å². The number of nitrogens with zero attached hydrogens (tertiary/aromatic N) is 2. The highest BCUT2D eigenvalue weighted by molar-refractivity contribution is 7.09. The lowest BCUT2D eigenvalue weighted by molar-refractivity contribution is 0.240. The first-order chi connectivity index (χ1) is 9.24. The molecule has 0 saturated carbocycles. The van der Waals surface area contributed by atoms with Crippen LogP contribution in [0, 0.1) is 6.92 Å². The first-order valence-electron chi connectivity index (χ1n) is 6.05. The second-order valence-electron chi connectivity index (χ2n) is 4.10. The summed E-state index contributed by atoms with van der Waals surface area (Å²) in [6.07, 6.45) is 4.18. The second kappa shape index (κ2) is 6.84. The lowest BCUT2D eigenvalue weighted by Crippen LogP contribution is -2.36. The summed E-state index contributed by atoms with van der Waals surface area (Å²) in [5.41, 5.74) is 2.06. The van der Waals surface area contributed by atoms with E-state index >= 15 is 0 Å². The maximum absolute atomic E-state index is 11.6. The number of carbonyl (C=O) groups is 1. The predicted octanol–water partition coefficient (Wildman–Crippen LogP) is 1.89. The maximum Gasteiger partial charge on any atom is 0.315 e. The van der Waals surface area contributed by atoms with Crippen molar-refractivity contribution in [2.24, 2.45) is 0 Å². The molecule has 0 bridgehead atoms. The molecule has 0 aliphatic heterocycles. The molecule has 0 aliphatic carbocycles. The molecule has 0 saturated heterocycles. The number of aromatic nitrogens is 2. The number of pyridine rings is 1. The molecule has 0 unspecified atom stereocenters. The predicted molar refractivity (Wildman–Crippen MR) is 75.0 cm³/mol. The summed E-state index contributed by atoms with van der Waals surface area (Å²) in [6, 6.07) is 3.59. The Morgan fingerprint density at radius 2 is 2.11 bits per heavy atom. The molecule has 6 heteroatoms. The van der Waals surface area contributed by atoms with Crippen molar-refractivity contribution in [1.29, 1.82) is 0 Å². The van der Waals surface area contributed by atoms with Gasteiger partial charge in [-0.05, 0) is 24.6 Å². The summed E-state index contributed by atoms with van der Waals surface area (Å²) < 4.78 is 0. The van der Waals surface area contributed by atoms with Crippen LogP contribution in [0.4, 0.5) is 4.79 Å². The highest BCUT2D eigenvalue weighted by atomic mass is 32.1. The normalized spacial score (nSPS) is 10.2. The van der Waals surface area contributed by atoms with Crippen LogP contribution in [0.1, 0.15) is 16.3 Å². The summed E-state index contributed by atoms with van der Waals surface area (Å²) in [5.74, 6) is 0. The number of hydrogen-bond acceptors (Lipinski definition) is 4. The summed E-state index contributed by atoms with van der Waals surface area (Å²) in [4.78, 5) is 19.8. The van der Waals surface area contributed by atoms with Crippen LogP contribution in [0.25, 0.3) is 0 Å². The van der Waals surface area contributed by atoms with E-state index in [1.807, 2.05) is 24.4 Å². The Balaban J connectivity index is 1.65. The van der Waals surface area contributed by atoms with Gasteiger partial charge >= 0.3 is 6.03 Å². The Kier molecular flexibility index (Phi) is 4.85. The molecule has 2 rings (SSSR count). The van der Waals surface area contributed by atoms with Crippen LogP contribution in [-0.2, 0) is 13.0 Å². The molecule has 2 aromatic rings. The van der Waals surface area contributed by atoms with E-state index in [0.29, 0.717) is 13.1 Å². The number of amides is 2. The quantitative estimate of drug-likeness (QED) is 0.876. The van der Waals surface area contributed by atoms with Crippen molar-refractivity contribution in [2.75, 3.05) is 6.54 Å². The van der Waals surface area contributed by atoms with Gasteiger partial charge in [0.1, 0.15) is 0 Å². The van der Waals surface area contributed by atoms with Crippen molar-refractivity contribution in [3.8, 4) is 0 Å². The van der Waals surface area contributed by atoms with E-state index in [1.54, 1.807) is 23.7 Å². The summed E-state index contributed by atoms with van der Waals surface area (Å²) in [6.45, 7) is 3.06. The molecular weight excluding hydrogens is 260 g/mol. The fraction of sp³-hybridized carbons (Fsp3) is 0.308. The van der Waals surface area contributed by atoms with Gasteiger partial charge in [0.15, 0.2) is 0 Å². The van der Waals surface area contributed by atoms with Gasteiger partial charge in [0.05, 0.1) is 5.01 Å². The summed E-state index contributed by atoms with van der Waals surface area (Å²) in [7, 11) is 0. The van der Waals surface area contributed by atoms with Crippen LogP contribution in [0.5, 0.6) is 0 Å². The third kappa shape index (κ3) is 4.67. The van der Waals surface area contributed by atoms with Gasteiger partial charge in [-0.25, -0.2) is 9.78 Å². The molecule has 2 aromatic heterocycles. The highest BCUT2D eigenvalue weighted by Crippen LogP contribution is 2.08. The molecule has 0 aliphatic rings.